The number of rotatable bonds is 7. The minimum Gasteiger partial charge on any atom is -0.384 e. The minimum atomic E-state index is -4.77. The number of benzene rings is 1. The molecule has 0 unspecified atom stereocenters. The molecular formula is C22H18F5N7O2S. The van der Waals surface area contributed by atoms with Crippen molar-refractivity contribution in [3.8, 4) is 22.6 Å². The summed E-state index contributed by atoms with van der Waals surface area (Å²) in [4.78, 5) is 16.0. The lowest BCUT2D eigenvalue weighted by Crippen LogP contribution is -2.18. The molecule has 9 nitrogen and oxygen atoms in total. The number of halogens is 5. The number of hydrogen-bond donors (Lipinski definition) is 3. The number of sulfonamides is 1. The van der Waals surface area contributed by atoms with Crippen molar-refractivity contribution in [2.45, 2.75) is 12.6 Å². The highest BCUT2D eigenvalue weighted by atomic mass is 32.2. The average Bonchev–Trinajstić information content (AvgIpc) is 2.83. The van der Waals surface area contributed by atoms with Crippen LogP contribution in [0.5, 0.6) is 0 Å². The summed E-state index contributed by atoms with van der Waals surface area (Å²) < 4.78 is 94.3. The number of aromatic nitrogens is 4. The van der Waals surface area contributed by atoms with Gasteiger partial charge < -0.3 is 11.5 Å². The molecule has 1 aromatic carbocycles. The van der Waals surface area contributed by atoms with E-state index in [0.717, 1.165) is 6.20 Å². The summed E-state index contributed by atoms with van der Waals surface area (Å²) in [5.41, 5.74) is 9.44. The fourth-order valence-corrected chi connectivity index (χ4v) is 4.55. The fourth-order valence-electron chi connectivity index (χ4n) is 3.46. The highest BCUT2D eigenvalue weighted by molar-refractivity contribution is 7.92. The Morgan fingerprint density at radius 1 is 1.00 bits per heavy atom. The van der Waals surface area contributed by atoms with Crippen molar-refractivity contribution in [3.63, 3.8) is 0 Å². The topological polar surface area (TPSA) is 150 Å². The van der Waals surface area contributed by atoms with Crippen LogP contribution < -0.4 is 16.2 Å². The van der Waals surface area contributed by atoms with Crippen LogP contribution in [0.1, 0.15) is 12.0 Å². The van der Waals surface area contributed by atoms with Crippen LogP contribution in [0.3, 0.4) is 0 Å². The van der Waals surface area contributed by atoms with Gasteiger partial charge in [-0.25, -0.2) is 32.7 Å². The molecule has 0 radical (unpaired) electrons. The number of nitrogens with zero attached hydrogens (tertiary/aromatic N) is 4. The van der Waals surface area contributed by atoms with Crippen LogP contribution in [-0.2, 0) is 16.2 Å². The smallest absolute Gasteiger partial charge is 0.384 e. The lowest BCUT2D eigenvalue weighted by atomic mass is 10.1. The van der Waals surface area contributed by atoms with E-state index in [-0.39, 0.29) is 51.9 Å². The zero-order chi connectivity index (χ0) is 27.0. The second-order valence-electron chi connectivity index (χ2n) is 7.78. The molecule has 0 aliphatic rings. The molecule has 0 amide bonds. The minimum absolute atomic E-state index is 0.0217. The van der Waals surface area contributed by atoms with E-state index in [0.29, 0.717) is 6.07 Å². The van der Waals surface area contributed by atoms with Crippen molar-refractivity contribution in [1.82, 2.24) is 19.9 Å². The largest absolute Gasteiger partial charge is 0.417 e. The summed E-state index contributed by atoms with van der Waals surface area (Å²) in [6.45, 7) is -0.845. The monoisotopic (exact) mass is 539 g/mol. The maximum atomic E-state index is 15.2. The molecule has 4 aromatic rings. The summed E-state index contributed by atoms with van der Waals surface area (Å²) in [5.74, 6) is -2.47. The van der Waals surface area contributed by atoms with Gasteiger partial charge >= 0.3 is 6.18 Å². The molecular weight excluding hydrogens is 521 g/mol. The van der Waals surface area contributed by atoms with Gasteiger partial charge in [0.25, 0.3) is 0 Å². The Kier molecular flexibility index (Phi) is 6.82. The van der Waals surface area contributed by atoms with Crippen molar-refractivity contribution in [3.05, 3.63) is 54.0 Å². The average molecular weight is 539 g/mol. The van der Waals surface area contributed by atoms with Crippen molar-refractivity contribution < 1.29 is 30.4 Å². The first-order valence-corrected chi connectivity index (χ1v) is 12.2. The van der Waals surface area contributed by atoms with Gasteiger partial charge in [0, 0.05) is 17.3 Å². The van der Waals surface area contributed by atoms with Crippen molar-refractivity contribution in [2.75, 3.05) is 28.6 Å². The van der Waals surface area contributed by atoms with E-state index in [2.05, 4.69) is 24.7 Å². The number of pyridine rings is 2. The van der Waals surface area contributed by atoms with Crippen molar-refractivity contribution in [1.29, 1.82) is 0 Å². The molecule has 0 saturated heterocycles. The third kappa shape index (κ3) is 5.50. The number of nitrogens with two attached hydrogens (primary N) is 2. The zero-order valence-electron chi connectivity index (χ0n) is 18.7. The van der Waals surface area contributed by atoms with Gasteiger partial charge in [0.1, 0.15) is 11.3 Å². The third-order valence-electron chi connectivity index (χ3n) is 5.13. The quantitative estimate of drug-likeness (QED) is 0.296. The Labute approximate surface area is 206 Å². The molecule has 194 valence electrons. The first-order chi connectivity index (χ1) is 17.4. The Bertz CT molecular complexity index is 1600. The molecule has 15 heteroatoms. The lowest BCUT2D eigenvalue weighted by Gasteiger charge is -2.14. The van der Waals surface area contributed by atoms with E-state index in [1.807, 2.05) is 0 Å². The Balaban J connectivity index is 1.76. The zero-order valence-corrected chi connectivity index (χ0v) is 19.5. The number of anilines is 3. The number of nitrogens with one attached hydrogen (secondary N) is 1. The van der Waals surface area contributed by atoms with Gasteiger partial charge in [0.15, 0.2) is 17.5 Å². The van der Waals surface area contributed by atoms with Gasteiger partial charge in [-0.2, -0.15) is 13.2 Å². The molecule has 0 saturated carbocycles. The second kappa shape index (κ2) is 9.72. The van der Waals surface area contributed by atoms with E-state index >= 15 is 4.39 Å². The predicted octanol–water partition coefficient (Wildman–Crippen LogP) is 4.18. The number of nitrogen functional groups attached to an aromatic ring is 2. The number of alkyl halides is 4. The summed E-state index contributed by atoms with van der Waals surface area (Å²) in [6, 6.07) is 7.26. The van der Waals surface area contributed by atoms with E-state index in [1.165, 1.54) is 30.3 Å². The number of fused-ring (bicyclic) bond motifs is 1. The van der Waals surface area contributed by atoms with Gasteiger partial charge in [0.2, 0.25) is 10.0 Å². The summed E-state index contributed by atoms with van der Waals surface area (Å²) in [7, 11) is -3.99. The summed E-state index contributed by atoms with van der Waals surface area (Å²) >= 11 is 0. The predicted molar refractivity (Wildman–Crippen MR) is 128 cm³/mol. The molecule has 0 fully saturated rings. The fraction of sp³-hybridized carbons (Fsp3) is 0.182. The lowest BCUT2D eigenvalue weighted by molar-refractivity contribution is -0.137. The Hall–Kier alpha value is -4.14. The first-order valence-electron chi connectivity index (χ1n) is 10.5. The van der Waals surface area contributed by atoms with E-state index < -0.39 is 45.6 Å². The molecule has 0 atom stereocenters. The maximum absolute atomic E-state index is 15.2. The van der Waals surface area contributed by atoms with Gasteiger partial charge in [-0.3, -0.25) is 9.11 Å². The summed E-state index contributed by atoms with van der Waals surface area (Å²) in [5, 5.41) is 0. The molecule has 5 N–H and O–H groups in total. The molecule has 3 heterocycles. The van der Waals surface area contributed by atoms with Crippen LogP contribution in [-0.4, -0.2) is 40.8 Å². The van der Waals surface area contributed by atoms with Gasteiger partial charge in [-0.1, -0.05) is 6.07 Å². The van der Waals surface area contributed by atoms with Gasteiger partial charge in [-0.05, 0) is 36.8 Å². The van der Waals surface area contributed by atoms with Gasteiger partial charge in [-0.15, -0.1) is 0 Å². The number of hydrogen-bond acceptors (Lipinski definition) is 8. The van der Waals surface area contributed by atoms with Crippen LogP contribution in [0, 0.1) is 5.82 Å². The standard InChI is InChI=1S/C22H18F5N7O2S/c23-7-2-8-37(35,36)34-15-4-1-3-11(18(15)24)14-5-6-16-19(31-14)20(29)33-21(32-16)12-10-30-17(28)9-13(12)22(25,26)27/h1,3-6,9-10,34H,2,7-8H2,(H2,28,30)(H2,29,32,33). The van der Waals surface area contributed by atoms with E-state index in [1.54, 1.807) is 0 Å². The summed E-state index contributed by atoms with van der Waals surface area (Å²) in [6.07, 6.45) is -4.13. The maximum Gasteiger partial charge on any atom is 0.417 e. The molecule has 0 aliphatic carbocycles. The molecule has 37 heavy (non-hydrogen) atoms. The SMILES string of the molecule is Nc1cc(C(F)(F)F)c(-c2nc(N)c3nc(-c4cccc(NS(=O)(=O)CCCF)c4F)ccc3n2)cn1. The Morgan fingerprint density at radius 2 is 1.76 bits per heavy atom. The van der Waals surface area contributed by atoms with Crippen LogP contribution >= 0.6 is 0 Å². The normalized spacial score (nSPS) is 12.1. The van der Waals surface area contributed by atoms with Crippen molar-refractivity contribution in [2.24, 2.45) is 0 Å². The molecule has 0 aliphatic heterocycles. The van der Waals surface area contributed by atoms with E-state index in [9.17, 15) is 26.0 Å². The highest BCUT2D eigenvalue weighted by Gasteiger charge is 2.35. The molecule has 4 rings (SSSR count). The second-order valence-corrected chi connectivity index (χ2v) is 9.62. The first kappa shape index (κ1) is 25.9. The van der Waals surface area contributed by atoms with Crippen LogP contribution in [0.4, 0.5) is 39.3 Å². The highest BCUT2D eigenvalue weighted by Crippen LogP contribution is 2.37. The van der Waals surface area contributed by atoms with Crippen LogP contribution in [0.25, 0.3) is 33.7 Å². The molecule has 0 spiro atoms. The van der Waals surface area contributed by atoms with Crippen LogP contribution in [0.15, 0.2) is 42.6 Å². The Morgan fingerprint density at radius 3 is 2.46 bits per heavy atom. The van der Waals surface area contributed by atoms with E-state index in [4.69, 9.17) is 11.5 Å². The van der Waals surface area contributed by atoms with Crippen LogP contribution in [0.2, 0.25) is 0 Å². The van der Waals surface area contributed by atoms with Gasteiger partial charge in [0.05, 0.1) is 34.9 Å². The molecule has 0 bridgehead atoms. The van der Waals surface area contributed by atoms with Crippen molar-refractivity contribution >= 4 is 38.4 Å². The third-order valence-corrected chi connectivity index (χ3v) is 6.48. The molecule has 3 aromatic heterocycles.